The Labute approximate surface area is 192 Å². The Morgan fingerprint density at radius 3 is 2.50 bits per heavy atom. The van der Waals surface area contributed by atoms with E-state index in [4.69, 9.17) is 10.1 Å². The Morgan fingerprint density at radius 1 is 1.18 bits per heavy atom. The third-order valence-electron chi connectivity index (χ3n) is 4.28. The monoisotopic (exact) mass is 481 g/mol. The van der Waals surface area contributed by atoms with Gasteiger partial charge in [-0.1, -0.05) is 13.8 Å². The van der Waals surface area contributed by atoms with Gasteiger partial charge in [0.05, 0.1) is 12.8 Å². The first-order valence-corrected chi connectivity index (χ1v) is 10.0. The van der Waals surface area contributed by atoms with Crippen molar-refractivity contribution in [2.24, 2.45) is 7.05 Å². The van der Waals surface area contributed by atoms with Gasteiger partial charge in [0.25, 0.3) is 5.91 Å². The highest BCUT2D eigenvalue weighted by atomic mass is 19.4. The number of aromatic nitrogens is 3. The average molecular weight is 481 g/mol. The number of hydrogen-bond donors (Lipinski definition) is 2. The molecule has 2 heterocycles. The van der Waals surface area contributed by atoms with E-state index in [1.54, 1.807) is 13.1 Å². The lowest BCUT2D eigenvalue weighted by molar-refractivity contribution is -0.274. The van der Waals surface area contributed by atoms with Crippen LogP contribution < -0.4 is 20.3 Å². The maximum absolute atomic E-state index is 14.0. The number of carbonyl (C=O) groups is 1. The minimum absolute atomic E-state index is 0.00695. The zero-order chi connectivity index (χ0) is 25.5. The molecule has 0 radical (unpaired) electrons. The van der Waals surface area contributed by atoms with Crippen LogP contribution in [0.2, 0.25) is 0 Å². The van der Waals surface area contributed by atoms with E-state index in [1.165, 1.54) is 30.1 Å². The number of pyridine rings is 1. The van der Waals surface area contributed by atoms with Gasteiger partial charge in [-0.3, -0.25) is 14.9 Å². The van der Waals surface area contributed by atoms with Gasteiger partial charge in [-0.2, -0.15) is 5.10 Å². The van der Waals surface area contributed by atoms with E-state index in [2.05, 4.69) is 20.1 Å². The molecule has 0 unspecified atom stereocenters. The first-order valence-electron chi connectivity index (χ1n) is 10.0. The van der Waals surface area contributed by atoms with E-state index >= 15 is 0 Å². The maximum Gasteiger partial charge on any atom is 0.573 e. The fourth-order valence-electron chi connectivity index (χ4n) is 2.74. The molecule has 0 saturated carbocycles. The van der Waals surface area contributed by atoms with Crippen molar-refractivity contribution < 1.29 is 31.8 Å². The Hall–Kier alpha value is -3.96. The number of methoxy groups -OCH3 is 1. The van der Waals surface area contributed by atoms with Crippen LogP contribution >= 0.6 is 0 Å². The highest BCUT2D eigenvalue weighted by Crippen LogP contribution is 2.25. The highest BCUT2D eigenvalue weighted by molar-refractivity contribution is 5.97. The number of alkyl halides is 3. The lowest BCUT2D eigenvalue weighted by Crippen LogP contribution is -2.24. The molecule has 3 rings (SSSR count). The summed E-state index contributed by atoms with van der Waals surface area (Å²) in [6, 6.07) is 7.04. The van der Waals surface area contributed by atoms with E-state index in [1.807, 2.05) is 13.8 Å². The van der Waals surface area contributed by atoms with Crippen LogP contribution in [0.3, 0.4) is 0 Å². The molecule has 0 aliphatic carbocycles. The van der Waals surface area contributed by atoms with Gasteiger partial charge >= 0.3 is 6.36 Å². The number of benzene rings is 1. The third-order valence-corrected chi connectivity index (χ3v) is 4.28. The van der Waals surface area contributed by atoms with Crippen molar-refractivity contribution in [3.63, 3.8) is 0 Å². The van der Waals surface area contributed by atoms with Crippen LogP contribution in [0.4, 0.5) is 17.6 Å². The molecule has 3 aromatic rings. The van der Waals surface area contributed by atoms with Crippen molar-refractivity contribution in [1.82, 2.24) is 20.1 Å². The second-order valence-electron chi connectivity index (χ2n) is 6.49. The first-order chi connectivity index (χ1) is 16.1. The number of rotatable bonds is 6. The van der Waals surface area contributed by atoms with Crippen LogP contribution in [-0.2, 0) is 13.6 Å². The molecule has 182 valence electrons. The normalized spacial score (nSPS) is 10.7. The van der Waals surface area contributed by atoms with Crippen molar-refractivity contribution in [2.75, 3.05) is 7.11 Å². The minimum atomic E-state index is -4.93. The molecule has 0 atom stereocenters. The number of nitrogens with zero attached hydrogens (tertiary/aromatic N) is 3. The maximum atomic E-state index is 14.0. The molecule has 1 amide bonds. The number of hydrogen-bond acceptors (Lipinski definition) is 6. The standard InChI is InChI=1S/C20H17F4N5O3.C2H6/c1-29-17(25)6-5-16(28-29)12-8-14(19(31-2)27-10-12)18(30)26-9-11-7-13(3-4-15(11)21)32-20(22,23)24;1-2/h3-8,10,25H,9H2,1-2H3,(H,26,30);1-2H3. The molecule has 0 aliphatic heterocycles. The summed E-state index contributed by atoms with van der Waals surface area (Å²) >= 11 is 0. The lowest BCUT2D eigenvalue weighted by Gasteiger charge is -2.13. The second kappa shape index (κ2) is 11.3. The molecule has 2 aromatic heterocycles. The second-order valence-corrected chi connectivity index (χ2v) is 6.49. The molecule has 0 bridgehead atoms. The van der Waals surface area contributed by atoms with Crippen LogP contribution in [0.15, 0.2) is 42.6 Å². The third kappa shape index (κ3) is 6.77. The number of ether oxygens (including phenoxy) is 2. The van der Waals surface area contributed by atoms with Crippen molar-refractivity contribution in [3.05, 3.63) is 65.0 Å². The van der Waals surface area contributed by atoms with Gasteiger partial charge < -0.3 is 14.8 Å². The van der Waals surface area contributed by atoms with Crippen LogP contribution in [0, 0.1) is 11.2 Å². The van der Waals surface area contributed by atoms with Crippen LogP contribution in [-0.4, -0.2) is 34.1 Å². The molecule has 0 spiro atoms. The Morgan fingerprint density at radius 2 is 1.88 bits per heavy atom. The fourth-order valence-corrected chi connectivity index (χ4v) is 2.74. The molecular formula is C22H23F4N5O3. The molecule has 2 N–H and O–H groups in total. The average Bonchev–Trinajstić information content (AvgIpc) is 2.81. The van der Waals surface area contributed by atoms with Gasteiger partial charge in [-0.25, -0.2) is 9.37 Å². The zero-order valence-corrected chi connectivity index (χ0v) is 18.8. The molecule has 12 heteroatoms. The number of amides is 1. The van der Waals surface area contributed by atoms with Crippen molar-refractivity contribution in [1.29, 1.82) is 5.41 Å². The molecule has 0 aliphatic rings. The summed E-state index contributed by atoms with van der Waals surface area (Å²) in [5.41, 5.74) is 0.872. The molecule has 1 aromatic carbocycles. The first kappa shape index (κ1) is 26.3. The fraction of sp³-hybridized carbons (Fsp3) is 0.273. The predicted molar refractivity (Wildman–Crippen MR) is 114 cm³/mol. The van der Waals surface area contributed by atoms with E-state index in [9.17, 15) is 22.4 Å². The van der Waals surface area contributed by atoms with E-state index < -0.39 is 30.4 Å². The van der Waals surface area contributed by atoms with Crippen molar-refractivity contribution in [2.45, 2.75) is 26.8 Å². The predicted octanol–water partition coefficient (Wildman–Crippen LogP) is 3.96. The highest BCUT2D eigenvalue weighted by Gasteiger charge is 2.31. The van der Waals surface area contributed by atoms with E-state index in [0.717, 1.165) is 18.2 Å². The number of aryl methyl sites for hydroxylation is 1. The molecule has 0 saturated heterocycles. The lowest BCUT2D eigenvalue weighted by atomic mass is 10.1. The summed E-state index contributed by atoms with van der Waals surface area (Å²) in [5, 5.41) is 14.3. The number of nitrogens with one attached hydrogen (secondary N) is 2. The van der Waals surface area contributed by atoms with Crippen LogP contribution in [0.25, 0.3) is 11.3 Å². The largest absolute Gasteiger partial charge is 0.573 e. The number of halogens is 4. The van der Waals surface area contributed by atoms with Crippen LogP contribution in [0.5, 0.6) is 11.6 Å². The minimum Gasteiger partial charge on any atom is -0.480 e. The summed E-state index contributed by atoms with van der Waals surface area (Å²) in [4.78, 5) is 16.8. The quantitative estimate of drug-likeness (QED) is 0.519. The van der Waals surface area contributed by atoms with Gasteiger partial charge in [-0.15, -0.1) is 13.2 Å². The topological polar surface area (TPSA) is 102 Å². The van der Waals surface area contributed by atoms with E-state index in [-0.39, 0.29) is 22.5 Å². The van der Waals surface area contributed by atoms with Gasteiger partial charge in [0.2, 0.25) is 5.88 Å². The molecule has 8 nitrogen and oxygen atoms in total. The molecular weight excluding hydrogens is 458 g/mol. The smallest absolute Gasteiger partial charge is 0.480 e. The summed E-state index contributed by atoms with van der Waals surface area (Å²) < 4.78 is 61.4. The van der Waals surface area contributed by atoms with Gasteiger partial charge in [-0.05, 0) is 36.4 Å². The molecule has 34 heavy (non-hydrogen) atoms. The summed E-state index contributed by atoms with van der Waals surface area (Å²) in [6.07, 6.45) is -3.50. The van der Waals surface area contributed by atoms with Crippen LogP contribution in [0.1, 0.15) is 29.8 Å². The van der Waals surface area contributed by atoms with Gasteiger partial charge in [0.15, 0.2) is 0 Å². The Balaban J connectivity index is 0.00000199. The van der Waals surface area contributed by atoms with Crippen molar-refractivity contribution >= 4 is 5.91 Å². The van der Waals surface area contributed by atoms with Crippen molar-refractivity contribution in [3.8, 4) is 22.9 Å². The Kier molecular flexibility index (Phi) is 8.70. The summed E-state index contributed by atoms with van der Waals surface area (Å²) in [5.74, 6) is -2.13. The molecule has 0 fully saturated rings. The zero-order valence-electron chi connectivity index (χ0n) is 18.8. The van der Waals surface area contributed by atoms with E-state index in [0.29, 0.717) is 11.3 Å². The van der Waals surface area contributed by atoms with Gasteiger partial charge in [0, 0.05) is 30.9 Å². The summed E-state index contributed by atoms with van der Waals surface area (Å²) in [6.45, 7) is 3.59. The van der Waals surface area contributed by atoms with Gasteiger partial charge in [0.1, 0.15) is 22.6 Å². The number of carbonyl (C=O) groups excluding carboxylic acids is 1. The summed E-state index contributed by atoms with van der Waals surface area (Å²) in [7, 11) is 2.89. The SMILES string of the molecule is CC.COc1ncc(-c2ccc(=N)n(C)n2)cc1C(=O)NCc1cc(OC(F)(F)F)ccc1F. The Bertz CT molecular complexity index is 1210.